The van der Waals surface area contributed by atoms with Crippen molar-refractivity contribution < 1.29 is 53.8 Å². The number of benzene rings is 1. The van der Waals surface area contributed by atoms with Crippen molar-refractivity contribution in [3.8, 4) is 0 Å². The van der Waals surface area contributed by atoms with Gasteiger partial charge in [0.15, 0.2) is 0 Å². The second-order valence-electron chi connectivity index (χ2n) is 9.87. The topological polar surface area (TPSA) is 45.2 Å². The Labute approximate surface area is 226 Å². The molecule has 228 valence electrons. The van der Waals surface area contributed by atoms with E-state index in [-0.39, 0.29) is 32.5 Å². The number of carbonyl (C=O) groups excluding carboxylic acids is 1. The highest BCUT2D eigenvalue weighted by molar-refractivity contribution is 5.68. The molecule has 1 aromatic rings. The fraction of sp³-hybridized carbons (Fsp3) is 0.720. The van der Waals surface area contributed by atoms with Gasteiger partial charge in [-0.1, -0.05) is 19.9 Å². The first kappa shape index (κ1) is 32.1. The lowest BCUT2D eigenvalue weighted by atomic mass is 9.82. The molecule has 0 spiro atoms. The lowest BCUT2D eigenvalue weighted by Gasteiger charge is -2.48. The van der Waals surface area contributed by atoms with Crippen LogP contribution in [0.2, 0.25) is 0 Å². The number of carbonyl (C=O) groups is 1. The molecule has 0 N–H and O–H groups in total. The van der Waals surface area contributed by atoms with Gasteiger partial charge in [-0.2, -0.15) is 39.5 Å². The average molecular weight is 594 g/mol. The number of anilines is 1. The lowest BCUT2D eigenvalue weighted by molar-refractivity contribution is -0.308. The van der Waals surface area contributed by atoms with Crippen molar-refractivity contribution in [1.82, 2.24) is 9.80 Å². The number of hydrogen-bond donors (Lipinski definition) is 0. The van der Waals surface area contributed by atoms with E-state index in [9.17, 15) is 44.3 Å². The van der Waals surface area contributed by atoms with Gasteiger partial charge in [-0.3, -0.25) is 4.90 Å². The van der Waals surface area contributed by atoms with E-state index in [2.05, 4.69) is 4.74 Å². The molecule has 0 atom stereocenters. The Morgan fingerprint density at radius 3 is 2.02 bits per heavy atom. The second kappa shape index (κ2) is 12.2. The van der Waals surface area contributed by atoms with E-state index in [1.54, 1.807) is 0 Å². The van der Waals surface area contributed by atoms with Gasteiger partial charge >= 0.3 is 24.6 Å². The molecule has 0 radical (unpaired) electrons. The van der Waals surface area contributed by atoms with E-state index in [1.807, 2.05) is 23.6 Å². The summed E-state index contributed by atoms with van der Waals surface area (Å²) in [4.78, 5) is 16.9. The number of rotatable bonds is 7. The predicted octanol–water partition coefficient (Wildman–Crippen LogP) is 6.24. The molecule has 1 amide bonds. The minimum atomic E-state index is -5.81. The van der Waals surface area contributed by atoms with E-state index in [0.29, 0.717) is 50.5 Å². The monoisotopic (exact) mass is 593 g/mol. The number of hydrogen-bond acceptors (Lipinski definition) is 5. The van der Waals surface area contributed by atoms with Gasteiger partial charge in [0.25, 0.3) is 6.10 Å². The number of amides is 1. The van der Waals surface area contributed by atoms with Crippen molar-refractivity contribution in [2.45, 2.75) is 69.8 Å². The van der Waals surface area contributed by atoms with Crippen molar-refractivity contribution in [3.63, 3.8) is 0 Å². The molecule has 0 saturated carbocycles. The average Bonchev–Trinajstić information content (AvgIpc) is 2.89. The zero-order valence-corrected chi connectivity index (χ0v) is 22.1. The number of morpholine rings is 1. The van der Waals surface area contributed by atoms with E-state index >= 15 is 0 Å². The molecule has 0 unspecified atom stereocenters. The molecule has 2 saturated heterocycles. The predicted molar refractivity (Wildman–Crippen MR) is 127 cm³/mol. The number of halogens is 9. The van der Waals surface area contributed by atoms with Crippen LogP contribution in [0.5, 0.6) is 0 Å². The summed E-state index contributed by atoms with van der Waals surface area (Å²) < 4.78 is 127. The van der Waals surface area contributed by atoms with Crippen LogP contribution in [0.4, 0.5) is 50.0 Å². The van der Waals surface area contributed by atoms with Crippen LogP contribution < -0.4 is 4.90 Å². The molecule has 2 heterocycles. The third-order valence-corrected chi connectivity index (χ3v) is 7.60. The highest BCUT2D eigenvalue weighted by Crippen LogP contribution is 2.39. The fourth-order valence-corrected chi connectivity index (χ4v) is 5.29. The molecule has 40 heavy (non-hydrogen) atoms. The SMILES string of the molecule is CCN(Cc1ccc(C(F)(F)F)cc1N1CCOCC1)C1(CC)CCN(C(=O)OC(C(F)(F)F)C(F)(F)F)CC1. The second-order valence-corrected chi connectivity index (χ2v) is 9.87. The van der Waals surface area contributed by atoms with Crippen molar-refractivity contribution in [1.29, 1.82) is 0 Å². The van der Waals surface area contributed by atoms with E-state index in [0.717, 1.165) is 17.0 Å². The van der Waals surface area contributed by atoms with Crippen molar-refractivity contribution in [2.24, 2.45) is 0 Å². The maximum absolute atomic E-state index is 13.5. The fourth-order valence-electron chi connectivity index (χ4n) is 5.29. The number of piperidine rings is 1. The summed E-state index contributed by atoms with van der Waals surface area (Å²) in [5, 5.41) is 0. The lowest BCUT2D eigenvalue weighted by Crippen LogP contribution is -2.56. The Bertz CT molecular complexity index is 986. The Kier molecular flexibility index (Phi) is 9.80. The molecule has 1 aromatic carbocycles. The first-order valence-electron chi connectivity index (χ1n) is 12.9. The van der Waals surface area contributed by atoms with Crippen molar-refractivity contribution in [2.75, 3.05) is 50.8 Å². The van der Waals surface area contributed by atoms with Gasteiger partial charge in [0.1, 0.15) is 0 Å². The van der Waals surface area contributed by atoms with Gasteiger partial charge < -0.3 is 19.3 Å². The molecular formula is C25H32F9N3O3. The quantitative estimate of drug-likeness (QED) is 0.351. The number of ether oxygens (including phenoxy) is 2. The van der Waals surface area contributed by atoms with Crippen LogP contribution in [0.1, 0.15) is 44.2 Å². The van der Waals surface area contributed by atoms with Gasteiger partial charge in [0, 0.05) is 44.0 Å². The summed E-state index contributed by atoms with van der Waals surface area (Å²) in [6, 6.07) is 3.56. The summed E-state index contributed by atoms with van der Waals surface area (Å²) in [6.07, 6.45) is -21.1. The van der Waals surface area contributed by atoms with Gasteiger partial charge in [0.2, 0.25) is 0 Å². The molecule has 2 fully saturated rings. The highest BCUT2D eigenvalue weighted by atomic mass is 19.4. The Balaban J connectivity index is 1.78. The van der Waals surface area contributed by atoms with Crippen LogP contribution in [0.15, 0.2) is 18.2 Å². The smallest absolute Gasteiger partial charge is 0.426 e. The van der Waals surface area contributed by atoms with Gasteiger partial charge in [-0.25, -0.2) is 4.79 Å². The molecule has 0 bridgehead atoms. The van der Waals surface area contributed by atoms with Gasteiger partial charge in [-0.05, 0) is 43.5 Å². The first-order valence-corrected chi connectivity index (χ1v) is 12.9. The van der Waals surface area contributed by atoms with E-state index in [4.69, 9.17) is 4.74 Å². The molecule has 2 aliphatic heterocycles. The van der Waals surface area contributed by atoms with Crippen LogP contribution in [-0.2, 0) is 22.2 Å². The zero-order valence-electron chi connectivity index (χ0n) is 22.1. The molecular weight excluding hydrogens is 561 g/mol. The summed E-state index contributed by atoms with van der Waals surface area (Å²) in [5.74, 6) is 0. The Morgan fingerprint density at radius 2 is 1.55 bits per heavy atom. The van der Waals surface area contributed by atoms with Crippen LogP contribution >= 0.6 is 0 Å². The molecule has 0 aromatic heterocycles. The van der Waals surface area contributed by atoms with Gasteiger partial charge in [-0.15, -0.1) is 0 Å². The normalized spacial score (nSPS) is 18.9. The van der Waals surface area contributed by atoms with E-state index in [1.165, 1.54) is 6.07 Å². The molecule has 0 aliphatic carbocycles. The minimum Gasteiger partial charge on any atom is -0.426 e. The number of nitrogens with zero attached hydrogens (tertiary/aromatic N) is 3. The van der Waals surface area contributed by atoms with Crippen LogP contribution in [-0.4, -0.2) is 85.8 Å². The molecule has 2 aliphatic rings. The maximum Gasteiger partial charge on any atom is 0.434 e. The van der Waals surface area contributed by atoms with Gasteiger partial charge in [0.05, 0.1) is 18.8 Å². The number of likely N-dealkylation sites (tertiary alicyclic amines) is 1. The number of alkyl halides is 9. The summed E-state index contributed by atoms with van der Waals surface area (Å²) in [7, 11) is 0. The molecule has 15 heteroatoms. The maximum atomic E-state index is 13.5. The standard InChI is InChI=1S/C25H32F9N3O3/c1-3-22(7-9-36(10-8-22)21(38)40-20(24(29,30)31)25(32,33)34)37(4-2)16-17-5-6-18(23(26,27)28)15-19(17)35-11-13-39-14-12-35/h5-6,15,20H,3-4,7-14,16H2,1-2H3. The minimum absolute atomic E-state index is 0.144. The highest BCUT2D eigenvalue weighted by Gasteiger charge is 2.60. The van der Waals surface area contributed by atoms with Crippen LogP contribution in [0.25, 0.3) is 0 Å². The largest absolute Gasteiger partial charge is 0.434 e. The third kappa shape index (κ3) is 7.45. The summed E-state index contributed by atoms with van der Waals surface area (Å²) >= 11 is 0. The Morgan fingerprint density at radius 1 is 0.975 bits per heavy atom. The Hall–Kier alpha value is -2.42. The summed E-state index contributed by atoms with van der Waals surface area (Å²) in [5.41, 5.74) is -0.308. The van der Waals surface area contributed by atoms with Crippen LogP contribution in [0.3, 0.4) is 0 Å². The van der Waals surface area contributed by atoms with E-state index < -0.39 is 41.8 Å². The van der Waals surface area contributed by atoms with Crippen molar-refractivity contribution in [3.05, 3.63) is 29.3 Å². The summed E-state index contributed by atoms with van der Waals surface area (Å²) in [6.45, 7) is 5.70. The first-order chi connectivity index (χ1) is 18.5. The molecule has 6 nitrogen and oxygen atoms in total. The van der Waals surface area contributed by atoms with Crippen molar-refractivity contribution >= 4 is 11.8 Å². The van der Waals surface area contributed by atoms with Crippen LogP contribution in [0, 0.1) is 0 Å². The molecule has 3 rings (SSSR count). The third-order valence-electron chi connectivity index (χ3n) is 7.60. The zero-order chi connectivity index (χ0) is 29.9.